The number of rotatable bonds is 6. The minimum atomic E-state index is -0.544. The normalized spacial score (nSPS) is 12.1. The van der Waals surface area contributed by atoms with Crippen molar-refractivity contribution in [2.45, 2.75) is 38.3 Å². The van der Waals surface area contributed by atoms with E-state index < -0.39 is 5.54 Å². The van der Waals surface area contributed by atoms with Crippen LogP contribution in [-0.4, -0.2) is 11.9 Å². The molecule has 1 amide bonds. The monoisotopic (exact) mass is 332 g/mol. The number of nitrogens with two attached hydrogens (primary N) is 1. The quantitative estimate of drug-likeness (QED) is 0.849. The molecule has 0 fully saturated rings. The molecule has 0 aliphatic carbocycles. The SMILES string of the molecule is CC(N)CCC(=O)NC(C)(c1ccccc1)c1ccccc1.Cl. The van der Waals surface area contributed by atoms with E-state index in [1.807, 2.05) is 74.5 Å². The lowest BCUT2D eigenvalue weighted by Gasteiger charge is -2.32. The maximum absolute atomic E-state index is 12.3. The lowest BCUT2D eigenvalue weighted by Crippen LogP contribution is -2.44. The average molecular weight is 333 g/mol. The minimum absolute atomic E-state index is 0. The largest absolute Gasteiger partial charge is 0.343 e. The van der Waals surface area contributed by atoms with E-state index in [4.69, 9.17) is 5.73 Å². The second-order valence-corrected chi connectivity index (χ2v) is 5.92. The van der Waals surface area contributed by atoms with Crippen LogP contribution in [0.3, 0.4) is 0 Å². The zero-order valence-corrected chi connectivity index (χ0v) is 14.5. The Balaban J connectivity index is 0.00000264. The lowest BCUT2D eigenvalue weighted by atomic mass is 9.84. The summed E-state index contributed by atoms with van der Waals surface area (Å²) in [4.78, 5) is 12.3. The fraction of sp³-hybridized carbons (Fsp3) is 0.316. The van der Waals surface area contributed by atoms with Gasteiger partial charge in [0.25, 0.3) is 0 Å². The first-order valence-electron chi connectivity index (χ1n) is 7.70. The van der Waals surface area contributed by atoms with Crippen LogP contribution < -0.4 is 11.1 Å². The standard InChI is InChI=1S/C19H24N2O.ClH/c1-15(20)13-14-18(22)21-19(2,16-9-5-3-6-10-16)17-11-7-4-8-12-17;/h3-12,15H,13-14,20H2,1-2H3,(H,21,22);1H. The number of amides is 1. The van der Waals surface area contributed by atoms with Crippen LogP contribution in [0.2, 0.25) is 0 Å². The van der Waals surface area contributed by atoms with Crippen molar-refractivity contribution >= 4 is 18.3 Å². The number of benzene rings is 2. The fourth-order valence-electron chi connectivity index (χ4n) is 2.55. The van der Waals surface area contributed by atoms with Gasteiger partial charge in [0, 0.05) is 12.5 Å². The van der Waals surface area contributed by atoms with E-state index in [2.05, 4.69) is 5.32 Å². The van der Waals surface area contributed by atoms with Crippen LogP contribution in [0.15, 0.2) is 60.7 Å². The van der Waals surface area contributed by atoms with Gasteiger partial charge in [0.1, 0.15) is 0 Å². The summed E-state index contributed by atoms with van der Waals surface area (Å²) in [5, 5.41) is 3.19. The van der Waals surface area contributed by atoms with Gasteiger partial charge in [-0.05, 0) is 31.4 Å². The van der Waals surface area contributed by atoms with E-state index in [1.54, 1.807) is 0 Å². The Morgan fingerprint density at radius 3 is 1.87 bits per heavy atom. The maximum Gasteiger partial charge on any atom is 0.221 e. The third-order valence-corrected chi connectivity index (χ3v) is 3.92. The third-order valence-electron chi connectivity index (χ3n) is 3.92. The Bertz CT molecular complexity index is 560. The number of hydrogen-bond donors (Lipinski definition) is 2. The third kappa shape index (κ3) is 5.08. The molecule has 0 aromatic heterocycles. The van der Waals surface area contributed by atoms with Crippen LogP contribution >= 0.6 is 12.4 Å². The van der Waals surface area contributed by atoms with E-state index in [0.29, 0.717) is 12.8 Å². The molecule has 1 atom stereocenters. The van der Waals surface area contributed by atoms with Gasteiger partial charge in [-0.25, -0.2) is 0 Å². The molecule has 3 N–H and O–H groups in total. The Morgan fingerprint density at radius 1 is 1.04 bits per heavy atom. The van der Waals surface area contributed by atoms with E-state index in [9.17, 15) is 4.79 Å². The molecular formula is C19H25ClN2O. The van der Waals surface area contributed by atoms with Crippen molar-refractivity contribution in [3.05, 3.63) is 71.8 Å². The minimum Gasteiger partial charge on any atom is -0.343 e. The van der Waals surface area contributed by atoms with E-state index in [-0.39, 0.29) is 24.4 Å². The van der Waals surface area contributed by atoms with E-state index >= 15 is 0 Å². The molecule has 2 aromatic rings. The second-order valence-electron chi connectivity index (χ2n) is 5.92. The summed E-state index contributed by atoms with van der Waals surface area (Å²) in [6, 6.07) is 20.1. The molecule has 0 aliphatic rings. The van der Waals surface area contributed by atoms with Crippen LogP contribution in [0.1, 0.15) is 37.8 Å². The van der Waals surface area contributed by atoms with Crippen LogP contribution in [0.25, 0.3) is 0 Å². The molecule has 2 aromatic carbocycles. The van der Waals surface area contributed by atoms with Gasteiger partial charge in [-0.15, -0.1) is 12.4 Å². The predicted octanol–water partition coefficient (Wildman–Crippen LogP) is 3.62. The van der Waals surface area contributed by atoms with E-state index in [0.717, 1.165) is 11.1 Å². The van der Waals surface area contributed by atoms with Gasteiger partial charge in [0.2, 0.25) is 5.91 Å². The molecule has 0 radical (unpaired) electrons. The van der Waals surface area contributed by atoms with Crippen molar-refractivity contribution in [3.63, 3.8) is 0 Å². The number of hydrogen-bond acceptors (Lipinski definition) is 2. The molecule has 0 saturated carbocycles. The number of carbonyl (C=O) groups is 1. The Labute approximate surface area is 144 Å². The molecule has 124 valence electrons. The summed E-state index contributed by atoms with van der Waals surface area (Å²) in [5.74, 6) is 0.0208. The molecule has 23 heavy (non-hydrogen) atoms. The average Bonchev–Trinajstić information content (AvgIpc) is 2.54. The van der Waals surface area contributed by atoms with Crippen LogP contribution in [0, 0.1) is 0 Å². The van der Waals surface area contributed by atoms with Crippen LogP contribution in [0.4, 0.5) is 0 Å². The van der Waals surface area contributed by atoms with Gasteiger partial charge < -0.3 is 11.1 Å². The molecule has 0 bridgehead atoms. The molecule has 1 unspecified atom stereocenters. The summed E-state index contributed by atoms with van der Waals surface area (Å²) in [6.45, 7) is 3.96. The van der Waals surface area contributed by atoms with Crippen molar-refractivity contribution in [2.75, 3.05) is 0 Å². The van der Waals surface area contributed by atoms with Crippen molar-refractivity contribution in [3.8, 4) is 0 Å². The highest BCUT2D eigenvalue weighted by Crippen LogP contribution is 2.29. The Morgan fingerprint density at radius 2 is 1.48 bits per heavy atom. The number of carbonyl (C=O) groups excluding carboxylic acids is 1. The van der Waals surface area contributed by atoms with Gasteiger partial charge in [-0.1, -0.05) is 60.7 Å². The molecule has 3 nitrogen and oxygen atoms in total. The fourth-order valence-corrected chi connectivity index (χ4v) is 2.55. The molecule has 2 rings (SSSR count). The first-order valence-corrected chi connectivity index (χ1v) is 7.70. The highest BCUT2D eigenvalue weighted by Gasteiger charge is 2.30. The summed E-state index contributed by atoms with van der Waals surface area (Å²) in [7, 11) is 0. The zero-order chi connectivity index (χ0) is 16.0. The van der Waals surface area contributed by atoms with Gasteiger partial charge in [-0.2, -0.15) is 0 Å². The van der Waals surface area contributed by atoms with E-state index in [1.165, 1.54) is 0 Å². The predicted molar refractivity (Wildman–Crippen MR) is 97.6 cm³/mol. The highest BCUT2D eigenvalue weighted by atomic mass is 35.5. The molecule has 0 saturated heterocycles. The molecule has 0 spiro atoms. The zero-order valence-electron chi connectivity index (χ0n) is 13.7. The summed E-state index contributed by atoms with van der Waals surface area (Å²) in [6.07, 6.45) is 1.12. The van der Waals surface area contributed by atoms with Crippen molar-refractivity contribution < 1.29 is 4.79 Å². The first-order chi connectivity index (χ1) is 10.5. The van der Waals surface area contributed by atoms with Crippen LogP contribution in [-0.2, 0) is 10.3 Å². The molecule has 4 heteroatoms. The molecule has 0 heterocycles. The smallest absolute Gasteiger partial charge is 0.221 e. The van der Waals surface area contributed by atoms with Crippen molar-refractivity contribution in [1.29, 1.82) is 0 Å². The number of halogens is 1. The molecular weight excluding hydrogens is 308 g/mol. The summed E-state index contributed by atoms with van der Waals surface area (Å²) >= 11 is 0. The maximum atomic E-state index is 12.3. The summed E-state index contributed by atoms with van der Waals surface area (Å²) < 4.78 is 0. The van der Waals surface area contributed by atoms with Gasteiger partial charge in [0.15, 0.2) is 0 Å². The number of nitrogens with one attached hydrogen (secondary N) is 1. The Hall–Kier alpha value is -1.84. The van der Waals surface area contributed by atoms with Gasteiger partial charge >= 0.3 is 0 Å². The summed E-state index contributed by atoms with van der Waals surface area (Å²) in [5.41, 5.74) is 7.33. The highest BCUT2D eigenvalue weighted by molar-refractivity contribution is 5.85. The lowest BCUT2D eigenvalue weighted by molar-refractivity contribution is -0.122. The van der Waals surface area contributed by atoms with Crippen molar-refractivity contribution in [1.82, 2.24) is 5.32 Å². The molecule has 0 aliphatic heterocycles. The van der Waals surface area contributed by atoms with Gasteiger partial charge in [0.05, 0.1) is 5.54 Å². The first kappa shape index (κ1) is 19.2. The van der Waals surface area contributed by atoms with Crippen LogP contribution in [0.5, 0.6) is 0 Å². The topological polar surface area (TPSA) is 55.1 Å². The van der Waals surface area contributed by atoms with Crippen molar-refractivity contribution in [2.24, 2.45) is 5.73 Å². The van der Waals surface area contributed by atoms with Gasteiger partial charge in [-0.3, -0.25) is 4.79 Å². The Kier molecular flexibility index (Phi) is 7.27. The second kappa shape index (κ2) is 8.70.